The van der Waals surface area contributed by atoms with Gasteiger partial charge in [-0.2, -0.15) is 0 Å². The normalized spacial score (nSPS) is 18.4. The minimum Gasteiger partial charge on any atom is -0.325 e. The van der Waals surface area contributed by atoms with Crippen LogP contribution in [0.25, 0.3) is 0 Å². The maximum absolute atomic E-state index is 13.0. The van der Waals surface area contributed by atoms with Crippen LogP contribution in [-0.2, 0) is 4.79 Å². The molecule has 0 unspecified atom stereocenters. The fraction of sp³-hybridized carbons (Fsp3) is 0.533. The molecule has 1 saturated heterocycles. The molecule has 1 fully saturated rings. The Hall–Kier alpha value is -1.13. The third kappa shape index (κ3) is 3.93. The molecule has 0 radical (unpaired) electrons. The SMILES string of the molecule is C[C@@H](C(=O)Nc1ccc(F)cc1Cl)[NH+]1CCCCCC1. The van der Waals surface area contributed by atoms with Gasteiger partial charge in [0.1, 0.15) is 5.82 Å². The van der Waals surface area contributed by atoms with Crippen molar-refractivity contribution in [3.63, 3.8) is 0 Å². The van der Waals surface area contributed by atoms with Crippen LogP contribution < -0.4 is 10.2 Å². The van der Waals surface area contributed by atoms with Crippen molar-refractivity contribution in [2.75, 3.05) is 18.4 Å². The van der Waals surface area contributed by atoms with Gasteiger partial charge >= 0.3 is 0 Å². The third-order valence-electron chi connectivity index (χ3n) is 3.94. The Morgan fingerprint density at radius 2 is 1.95 bits per heavy atom. The van der Waals surface area contributed by atoms with Crippen molar-refractivity contribution in [1.29, 1.82) is 0 Å². The largest absolute Gasteiger partial charge is 0.325 e. The highest BCUT2D eigenvalue weighted by Gasteiger charge is 2.26. The highest BCUT2D eigenvalue weighted by molar-refractivity contribution is 6.33. The lowest BCUT2D eigenvalue weighted by Crippen LogP contribution is -3.16. The molecule has 1 atom stereocenters. The Morgan fingerprint density at radius 3 is 2.55 bits per heavy atom. The number of quaternary nitrogens is 1. The van der Waals surface area contributed by atoms with Gasteiger partial charge in [-0.1, -0.05) is 11.6 Å². The molecule has 0 bridgehead atoms. The first-order chi connectivity index (χ1) is 9.58. The van der Waals surface area contributed by atoms with Crippen molar-refractivity contribution in [2.24, 2.45) is 0 Å². The molecule has 1 aliphatic rings. The topological polar surface area (TPSA) is 33.5 Å². The van der Waals surface area contributed by atoms with Gasteiger partial charge in [-0.15, -0.1) is 0 Å². The maximum atomic E-state index is 13.0. The van der Waals surface area contributed by atoms with Crippen molar-refractivity contribution in [3.8, 4) is 0 Å². The number of benzene rings is 1. The number of carbonyl (C=O) groups is 1. The number of halogens is 2. The van der Waals surface area contributed by atoms with Gasteiger partial charge in [0.25, 0.3) is 5.91 Å². The second-order valence-electron chi connectivity index (χ2n) is 5.41. The summed E-state index contributed by atoms with van der Waals surface area (Å²) in [4.78, 5) is 13.6. The molecular formula is C15H21ClFN2O+. The zero-order valence-electron chi connectivity index (χ0n) is 11.7. The Morgan fingerprint density at radius 1 is 1.30 bits per heavy atom. The van der Waals surface area contributed by atoms with Gasteiger partial charge in [0, 0.05) is 0 Å². The monoisotopic (exact) mass is 299 g/mol. The Kier molecular flexibility index (Phi) is 5.38. The average Bonchev–Trinajstić information content (AvgIpc) is 2.70. The highest BCUT2D eigenvalue weighted by atomic mass is 35.5. The van der Waals surface area contributed by atoms with Gasteiger partial charge in [0.15, 0.2) is 6.04 Å². The van der Waals surface area contributed by atoms with E-state index in [-0.39, 0.29) is 17.0 Å². The highest BCUT2D eigenvalue weighted by Crippen LogP contribution is 2.22. The molecule has 0 saturated carbocycles. The van der Waals surface area contributed by atoms with Crippen molar-refractivity contribution in [3.05, 3.63) is 29.0 Å². The summed E-state index contributed by atoms with van der Waals surface area (Å²) in [6.07, 6.45) is 4.85. The number of rotatable bonds is 3. The molecule has 2 rings (SSSR count). The first-order valence-corrected chi connectivity index (χ1v) is 7.56. The van der Waals surface area contributed by atoms with E-state index in [0.29, 0.717) is 5.69 Å². The standard InChI is InChI=1S/C15H20ClFN2O/c1-11(19-8-4-2-3-5-9-19)15(20)18-14-7-6-12(17)10-13(14)16/h6-7,10-11H,2-5,8-9H2,1H3,(H,18,20)/p+1/t11-/m0/s1. The molecule has 5 heteroatoms. The number of carbonyl (C=O) groups excluding carboxylic acids is 1. The molecule has 0 aromatic heterocycles. The third-order valence-corrected chi connectivity index (χ3v) is 4.25. The van der Waals surface area contributed by atoms with E-state index in [2.05, 4.69) is 5.32 Å². The predicted octanol–water partition coefficient (Wildman–Crippen LogP) is 2.27. The summed E-state index contributed by atoms with van der Waals surface area (Å²) in [7, 11) is 0. The van der Waals surface area contributed by atoms with E-state index >= 15 is 0 Å². The van der Waals surface area contributed by atoms with Gasteiger partial charge in [-0.3, -0.25) is 4.79 Å². The van der Waals surface area contributed by atoms with Gasteiger partial charge in [0.2, 0.25) is 0 Å². The number of amides is 1. The van der Waals surface area contributed by atoms with Crippen LogP contribution in [0.2, 0.25) is 5.02 Å². The molecule has 1 amide bonds. The van der Waals surface area contributed by atoms with Crippen LogP contribution in [0, 0.1) is 5.82 Å². The van der Waals surface area contributed by atoms with Crippen molar-refractivity contribution < 1.29 is 14.1 Å². The lowest BCUT2D eigenvalue weighted by Gasteiger charge is -2.23. The van der Waals surface area contributed by atoms with E-state index < -0.39 is 5.82 Å². The first kappa shape index (κ1) is 15.3. The molecule has 0 spiro atoms. The number of nitrogens with one attached hydrogen (secondary N) is 2. The molecule has 1 heterocycles. The lowest BCUT2D eigenvalue weighted by atomic mass is 10.2. The van der Waals surface area contributed by atoms with E-state index in [1.807, 2.05) is 6.92 Å². The van der Waals surface area contributed by atoms with Crippen molar-refractivity contribution in [2.45, 2.75) is 38.6 Å². The van der Waals surface area contributed by atoms with E-state index in [9.17, 15) is 9.18 Å². The van der Waals surface area contributed by atoms with Gasteiger partial charge in [-0.05, 0) is 50.8 Å². The second-order valence-corrected chi connectivity index (χ2v) is 5.81. The van der Waals surface area contributed by atoms with Gasteiger partial charge in [0.05, 0.1) is 23.8 Å². The second kappa shape index (κ2) is 7.04. The Balaban J connectivity index is 1.99. The maximum Gasteiger partial charge on any atom is 0.282 e. The quantitative estimate of drug-likeness (QED) is 0.882. The molecule has 110 valence electrons. The molecule has 3 nitrogen and oxygen atoms in total. The molecule has 0 aliphatic carbocycles. The Labute approximate surface area is 124 Å². The molecule has 1 aliphatic heterocycles. The summed E-state index contributed by atoms with van der Waals surface area (Å²) in [5.41, 5.74) is 0.471. The average molecular weight is 300 g/mol. The molecule has 1 aromatic carbocycles. The van der Waals surface area contributed by atoms with Crippen LogP contribution in [0.4, 0.5) is 10.1 Å². The minimum absolute atomic E-state index is 0.0598. The number of likely N-dealkylation sites (tertiary alicyclic amines) is 1. The number of anilines is 1. The van der Waals surface area contributed by atoms with E-state index in [4.69, 9.17) is 11.6 Å². The summed E-state index contributed by atoms with van der Waals surface area (Å²) in [5, 5.41) is 3.03. The summed E-state index contributed by atoms with van der Waals surface area (Å²) < 4.78 is 13.0. The van der Waals surface area contributed by atoms with Crippen LogP contribution in [0.3, 0.4) is 0 Å². The van der Waals surface area contributed by atoms with Crippen LogP contribution in [0.5, 0.6) is 0 Å². The van der Waals surface area contributed by atoms with Crippen molar-refractivity contribution >= 4 is 23.2 Å². The Bertz CT molecular complexity index is 473. The van der Waals surface area contributed by atoms with Crippen LogP contribution in [0.15, 0.2) is 18.2 Å². The first-order valence-electron chi connectivity index (χ1n) is 7.18. The summed E-state index contributed by atoms with van der Waals surface area (Å²) in [5.74, 6) is -0.463. The molecule has 1 aromatic rings. The van der Waals surface area contributed by atoms with Gasteiger partial charge < -0.3 is 10.2 Å². The number of hydrogen-bond donors (Lipinski definition) is 2. The van der Waals surface area contributed by atoms with Crippen LogP contribution in [0.1, 0.15) is 32.6 Å². The summed E-state index contributed by atoms with van der Waals surface area (Å²) >= 11 is 5.93. The predicted molar refractivity (Wildman–Crippen MR) is 78.7 cm³/mol. The van der Waals surface area contributed by atoms with Crippen LogP contribution >= 0.6 is 11.6 Å². The molecule has 20 heavy (non-hydrogen) atoms. The smallest absolute Gasteiger partial charge is 0.282 e. The summed E-state index contributed by atoms with van der Waals surface area (Å²) in [6.45, 7) is 4.00. The van der Waals surface area contributed by atoms with Crippen LogP contribution in [-0.4, -0.2) is 25.0 Å². The number of hydrogen-bond acceptors (Lipinski definition) is 1. The zero-order chi connectivity index (χ0) is 14.5. The summed E-state index contributed by atoms with van der Waals surface area (Å²) in [6, 6.07) is 3.89. The van der Waals surface area contributed by atoms with E-state index in [1.54, 1.807) is 0 Å². The zero-order valence-corrected chi connectivity index (χ0v) is 12.5. The fourth-order valence-electron chi connectivity index (χ4n) is 2.63. The molecular weight excluding hydrogens is 279 g/mol. The lowest BCUT2D eigenvalue weighted by molar-refractivity contribution is -0.913. The fourth-order valence-corrected chi connectivity index (χ4v) is 2.85. The van der Waals surface area contributed by atoms with E-state index in [1.165, 1.54) is 48.8 Å². The van der Waals surface area contributed by atoms with Gasteiger partial charge in [-0.25, -0.2) is 4.39 Å². The minimum atomic E-state index is -0.404. The molecule has 2 N–H and O–H groups in total. The van der Waals surface area contributed by atoms with E-state index in [0.717, 1.165) is 13.1 Å². The van der Waals surface area contributed by atoms with Crippen molar-refractivity contribution in [1.82, 2.24) is 0 Å².